The van der Waals surface area contributed by atoms with Gasteiger partial charge in [-0.2, -0.15) is 0 Å². The Morgan fingerprint density at radius 2 is 2.10 bits per heavy atom. The van der Waals surface area contributed by atoms with Crippen LogP contribution in [0.15, 0.2) is 12.2 Å². The van der Waals surface area contributed by atoms with E-state index in [2.05, 4.69) is 0 Å². The number of hydrogen-bond donors (Lipinski definition) is 0. The Morgan fingerprint density at radius 1 is 1.50 bits per heavy atom. The second kappa shape index (κ2) is 5.03. The molecule has 0 atom stereocenters. The smallest absolute Gasteiger partial charge is 0.222 e. The van der Waals surface area contributed by atoms with Gasteiger partial charge < -0.3 is 4.90 Å². The normalized spacial score (nSPS) is 10.3. The molecule has 1 amide bonds. The molecule has 0 unspecified atom stereocenters. The molecule has 0 aromatic carbocycles. The van der Waals surface area contributed by atoms with Crippen molar-refractivity contribution in [3.8, 4) is 0 Å². The largest absolute Gasteiger partial charge is 0.349 e. The number of amides is 1. The molecule has 0 rings (SSSR count). The van der Waals surface area contributed by atoms with E-state index in [1.165, 1.54) is 0 Å². The zero-order chi connectivity index (χ0) is 7.98. The lowest BCUT2D eigenvalue weighted by Gasteiger charge is -2.07. The van der Waals surface area contributed by atoms with Crippen LogP contribution in [0, 0.1) is 0 Å². The molecule has 0 fully saturated rings. The monoisotopic (exact) mass is 141 g/mol. The number of carbonyl (C=O) groups is 1. The van der Waals surface area contributed by atoms with Crippen LogP contribution in [0.2, 0.25) is 0 Å². The van der Waals surface area contributed by atoms with E-state index < -0.39 is 0 Å². The third kappa shape index (κ3) is 4.13. The van der Waals surface area contributed by atoms with Crippen LogP contribution >= 0.6 is 0 Å². The molecule has 58 valence electrons. The highest BCUT2D eigenvalue weighted by atomic mass is 16.2. The van der Waals surface area contributed by atoms with Crippen LogP contribution in [0.5, 0.6) is 0 Å². The van der Waals surface area contributed by atoms with Gasteiger partial charge in [0.25, 0.3) is 0 Å². The Labute approximate surface area is 62.5 Å². The number of allylic oxidation sites excluding steroid dienone is 2. The number of hydrogen-bond acceptors (Lipinski definition) is 1. The van der Waals surface area contributed by atoms with Crippen molar-refractivity contribution in [3.05, 3.63) is 12.2 Å². The summed E-state index contributed by atoms with van der Waals surface area (Å²) in [5, 5.41) is 0. The van der Waals surface area contributed by atoms with Crippen LogP contribution in [0.3, 0.4) is 0 Å². The average molecular weight is 141 g/mol. The molecular formula is C8H15NO. The fraction of sp³-hybridized carbons (Fsp3) is 0.625. The van der Waals surface area contributed by atoms with E-state index in [0.717, 1.165) is 6.42 Å². The van der Waals surface area contributed by atoms with E-state index in [1.54, 1.807) is 19.0 Å². The van der Waals surface area contributed by atoms with E-state index in [-0.39, 0.29) is 5.91 Å². The van der Waals surface area contributed by atoms with Gasteiger partial charge in [-0.3, -0.25) is 4.79 Å². The molecule has 10 heavy (non-hydrogen) atoms. The van der Waals surface area contributed by atoms with E-state index in [9.17, 15) is 4.79 Å². The summed E-state index contributed by atoms with van der Waals surface area (Å²) < 4.78 is 0. The molecule has 0 spiro atoms. The molecule has 0 aromatic rings. The summed E-state index contributed by atoms with van der Waals surface area (Å²) in [5.74, 6) is 0.193. The first-order valence-corrected chi connectivity index (χ1v) is 3.49. The summed E-state index contributed by atoms with van der Waals surface area (Å²) in [4.78, 5) is 12.5. The molecule has 0 saturated carbocycles. The quantitative estimate of drug-likeness (QED) is 0.544. The summed E-state index contributed by atoms with van der Waals surface area (Å²) in [7, 11) is 3.55. The van der Waals surface area contributed by atoms with Crippen molar-refractivity contribution in [3.63, 3.8) is 0 Å². The maximum Gasteiger partial charge on any atom is 0.222 e. The van der Waals surface area contributed by atoms with E-state index >= 15 is 0 Å². The molecule has 2 nitrogen and oxygen atoms in total. The van der Waals surface area contributed by atoms with Gasteiger partial charge in [-0.1, -0.05) is 12.2 Å². The van der Waals surface area contributed by atoms with E-state index in [1.807, 2.05) is 19.1 Å². The molecule has 0 saturated heterocycles. The Bertz CT molecular complexity index is 127. The SMILES string of the molecule is CC=CCCC(=O)N(C)C. The molecule has 0 aromatic heterocycles. The highest BCUT2D eigenvalue weighted by Crippen LogP contribution is 1.93. The molecular weight excluding hydrogens is 126 g/mol. The zero-order valence-corrected chi connectivity index (χ0v) is 6.92. The summed E-state index contributed by atoms with van der Waals surface area (Å²) in [6.07, 6.45) is 5.44. The first-order valence-electron chi connectivity index (χ1n) is 3.49. The maximum absolute atomic E-state index is 10.9. The zero-order valence-electron chi connectivity index (χ0n) is 6.92. The first-order chi connectivity index (χ1) is 4.68. The Balaban J connectivity index is 3.40. The standard InChI is InChI=1S/C8H15NO/c1-4-5-6-7-8(10)9(2)3/h4-5H,6-7H2,1-3H3. The third-order valence-corrected chi connectivity index (χ3v) is 1.26. The van der Waals surface area contributed by atoms with Gasteiger partial charge in [0.1, 0.15) is 0 Å². The van der Waals surface area contributed by atoms with Crippen molar-refractivity contribution in [2.45, 2.75) is 19.8 Å². The summed E-state index contributed by atoms with van der Waals surface area (Å²) in [6.45, 7) is 1.96. The molecule has 0 heterocycles. The molecule has 0 N–H and O–H groups in total. The Kier molecular flexibility index (Phi) is 4.63. The lowest BCUT2D eigenvalue weighted by molar-refractivity contribution is -0.128. The van der Waals surface area contributed by atoms with Gasteiger partial charge >= 0.3 is 0 Å². The Morgan fingerprint density at radius 3 is 2.50 bits per heavy atom. The minimum Gasteiger partial charge on any atom is -0.349 e. The van der Waals surface area contributed by atoms with Gasteiger partial charge in [0.15, 0.2) is 0 Å². The number of rotatable bonds is 3. The third-order valence-electron chi connectivity index (χ3n) is 1.26. The van der Waals surface area contributed by atoms with Crippen molar-refractivity contribution in [1.29, 1.82) is 0 Å². The minimum absolute atomic E-state index is 0.193. The van der Waals surface area contributed by atoms with Gasteiger partial charge in [0.2, 0.25) is 5.91 Å². The van der Waals surface area contributed by atoms with E-state index in [0.29, 0.717) is 6.42 Å². The summed E-state index contributed by atoms with van der Waals surface area (Å²) in [6, 6.07) is 0. The molecule has 0 radical (unpaired) electrons. The van der Waals surface area contributed by atoms with Crippen LogP contribution in [-0.4, -0.2) is 24.9 Å². The molecule has 0 aliphatic rings. The second-order valence-corrected chi connectivity index (χ2v) is 2.40. The molecule has 2 heteroatoms. The van der Waals surface area contributed by atoms with Gasteiger partial charge in [0.05, 0.1) is 0 Å². The van der Waals surface area contributed by atoms with Crippen LogP contribution in [-0.2, 0) is 4.79 Å². The molecule has 0 bridgehead atoms. The lowest BCUT2D eigenvalue weighted by atomic mass is 10.3. The lowest BCUT2D eigenvalue weighted by Crippen LogP contribution is -2.20. The van der Waals surface area contributed by atoms with Crippen molar-refractivity contribution >= 4 is 5.91 Å². The summed E-state index contributed by atoms with van der Waals surface area (Å²) >= 11 is 0. The van der Waals surface area contributed by atoms with Crippen LogP contribution in [0.25, 0.3) is 0 Å². The van der Waals surface area contributed by atoms with Crippen molar-refractivity contribution in [2.24, 2.45) is 0 Å². The molecule has 0 aliphatic heterocycles. The highest BCUT2D eigenvalue weighted by Gasteiger charge is 1.99. The van der Waals surface area contributed by atoms with Crippen molar-refractivity contribution in [2.75, 3.05) is 14.1 Å². The van der Waals surface area contributed by atoms with Gasteiger partial charge in [-0.05, 0) is 13.3 Å². The average Bonchev–Trinajstić information content (AvgIpc) is 1.88. The highest BCUT2D eigenvalue weighted by molar-refractivity contribution is 5.75. The fourth-order valence-corrected chi connectivity index (χ4v) is 0.597. The first kappa shape index (κ1) is 9.21. The Hall–Kier alpha value is -0.790. The fourth-order valence-electron chi connectivity index (χ4n) is 0.597. The predicted octanol–water partition coefficient (Wildman–Crippen LogP) is 1.43. The van der Waals surface area contributed by atoms with Crippen LogP contribution < -0.4 is 0 Å². The van der Waals surface area contributed by atoms with Gasteiger partial charge in [-0.25, -0.2) is 0 Å². The second-order valence-electron chi connectivity index (χ2n) is 2.40. The van der Waals surface area contributed by atoms with Crippen LogP contribution in [0.4, 0.5) is 0 Å². The van der Waals surface area contributed by atoms with Crippen molar-refractivity contribution in [1.82, 2.24) is 4.90 Å². The van der Waals surface area contributed by atoms with Gasteiger partial charge in [0, 0.05) is 20.5 Å². The number of nitrogens with zero attached hydrogens (tertiary/aromatic N) is 1. The minimum atomic E-state index is 0.193. The maximum atomic E-state index is 10.9. The van der Waals surface area contributed by atoms with E-state index in [4.69, 9.17) is 0 Å². The molecule has 0 aliphatic carbocycles. The van der Waals surface area contributed by atoms with Gasteiger partial charge in [-0.15, -0.1) is 0 Å². The van der Waals surface area contributed by atoms with Crippen molar-refractivity contribution < 1.29 is 4.79 Å². The number of carbonyl (C=O) groups excluding carboxylic acids is 1. The predicted molar refractivity (Wildman–Crippen MR) is 42.7 cm³/mol. The summed E-state index contributed by atoms with van der Waals surface area (Å²) in [5.41, 5.74) is 0. The van der Waals surface area contributed by atoms with Crippen LogP contribution in [0.1, 0.15) is 19.8 Å². The topological polar surface area (TPSA) is 20.3 Å².